The summed E-state index contributed by atoms with van der Waals surface area (Å²) in [5.74, 6) is 0.0985. The second kappa shape index (κ2) is 5.40. The van der Waals surface area contributed by atoms with Crippen molar-refractivity contribution in [3.05, 3.63) is 17.8 Å². The van der Waals surface area contributed by atoms with Crippen LogP contribution in [-0.2, 0) is 0 Å². The Kier molecular flexibility index (Phi) is 3.89. The predicted octanol–water partition coefficient (Wildman–Crippen LogP) is 1.67. The summed E-state index contributed by atoms with van der Waals surface area (Å²) in [7, 11) is 0. The van der Waals surface area contributed by atoms with Crippen molar-refractivity contribution in [3.63, 3.8) is 0 Å². The summed E-state index contributed by atoms with van der Waals surface area (Å²) in [6, 6.07) is 0.297. The van der Waals surface area contributed by atoms with Gasteiger partial charge in [-0.25, -0.2) is 14.4 Å². The molecule has 2 heterocycles. The zero-order chi connectivity index (χ0) is 12.3. The Labute approximate surface area is 101 Å². The van der Waals surface area contributed by atoms with Gasteiger partial charge in [-0.3, -0.25) is 0 Å². The molecule has 0 radical (unpaired) electrons. The molecule has 2 rings (SSSR count). The first-order chi connectivity index (χ1) is 8.24. The first kappa shape index (κ1) is 12.2. The van der Waals surface area contributed by atoms with Gasteiger partial charge in [-0.15, -0.1) is 0 Å². The van der Waals surface area contributed by atoms with E-state index >= 15 is 0 Å². The van der Waals surface area contributed by atoms with Gasteiger partial charge in [0.15, 0.2) is 11.6 Å². The lowest BCUT2D eigenvalue weighted by Gasteiger charge is -2.26. The Morgan fingerprint density at radius 3 is 3.12 bits per heavy atom. The van der Waals surface area contributed by atoms with Crippen LogP contribution in [0, 0.1) is 12.7 Å². The lowest BCUT2D eigenvalue weighted by atomic mass is 10.1. The average molecular weight is 239 g/mol. The van der Waals surface area contributed by atoms with E-state index in [1.54, 1.807) is 6.92 Å². The lowest BCUT2D eigenvalue weighted by Crippen LogP contribution is -2.31. The number of aromatic nitrogens is 2. The molecule has 0 bridgehead atoms. The van der Waals surface area contributed by atoms with Crippen LogP contribution in [-0.4, -0.2) is 34.3 Å². The fraction of sp³-hybridized carbons (Fsp3) is 0.667. The third-order valence-electron chi connectivity index (χ3n) is 3.29. The molecule has 1 aromatic heterocycles. The van der Waals surface area contributed by atoms with Crippen LogP contribution in [0.5, 0.6) is 0 Å². The molecule has 0 aliphatic carbocycles. The van der Waals surface area contributed by atoms with E-state index in [2.05, 4.69) is 9.97 Å². The minimum absolute atomic E-state index is 0.190. The van der Waals surface area contributed by atoms with Gasteiger partial charge in [0.2, 0.25) is 0 Å². The van der Waals surface area contributed by atoms with E-state index in [0.717, 1.165) is 32.2 Å². The quantitative estimate of drug-likeness (QED) is 0.868. The molecule has 1 atom stereocenters. The minimum atomic E-state index is -0.316. The molecule has 0 amide bonds. The number of nitrogens with zero attached hydrogens (tertiary/aromatic N) is 3. The molecule has 4 nitrogen and oxygen atoms in total. The zero-order valence-corrected chi connectivity index (χ0v) is 10.1. The molecule has 1 unspecified atom stereocenters. The van der Waals surface area contributed by atoms with Crippen LogP contribution in [0.1, 0.15) is 31.4 Å². The van der Waals surface area contributed by atoms with E-state index in [1.165, 1.54) is 6.33 Å². The van der Waals surface area contributed by atoms with Gasteiger partial charge in [0, 0.05) is 19.2 Å². The molecule has 1 aliphatic heterocycles. The normalized spacial score (nSPS) is 19.9. The van der Waals surface area contributed by atoms with Gasteiger partial charge in [-0.05, 0) is 32.6 Å². The molecule has 0 aromatic carbocycles. The lowest BCUT2D eigenvalue weighted by molar-refractivity contribution is 0.279. The SMILES string of the molecule is Cc1ncnc(N2CCCC2CCCO)c1F. The third kappa shape index (κ3) is 2.54. The number of aryl methyl sites for hydroxylation is 1. The predicted molar refractivity (Wildman–Crippen MR) is 63.4 cm³/mol. The summed E-state index contributed by atoms with van der Waals surface area (Å²) in [4.78, 5) is 9.92. The number of halogens is 1. The van der Waals surface area contributed by atoms with E-state index in [1.807, 2.05) is 4.90 Å². The van der Waals surface area contributed by atoms with Crippen molar-refractivity contribution in [1.29, 1.82) is 0 Å². The fourth-order valence-electron chi connectivity index (χ4n) is 2.39. The van der Waals surface area contributed by atoms with E-state index in [0.29, 0.717) is 17.6 Å². The van der Waals surface area contributed by atoms with Crippen molar-refractivity contribution in [2.24, 2.45) is 0 Å². The molecule has 1 aliphatic rings. The molecular weight excluding hydrogens is 221 g/mol. The molecular formula is C12H18FN3O. The molecule has 5 heteroatoms. The maximum atomic E-state index is 13.9. The highest BCUT2D eigenvalue weighted by molar-refractivity contribution is 5.43. The Morgan fingerprint density at radius 2 is 2.35 bits per heavy atom. The van der Waals surface area contributed by atoms with Crippen molar-refractivity contribution in [1.82, 2.24) is 9.97 Å². The van der Waals surface area contributed by atoms with Crippen molar-refractivity contribution in [2.75, 3.05) is 18.1 Å². The topological polar surface area (TPSA) is 49.2 Å². The number of rotatable bonds is 4. The van der Waals surface area contributed by atoms with Crippen LogP contribution in [0.2, 0.25) is 0 Å². The van der Waals surface area contributed by atoms with Crippen LogP contribution in [0.25, 0.3) is 0 Å². The van der Waals surface area contributed by atoms with Crippen LogP contribution in [0.3, 0.4) is 0 Å². The summed E-state index contributed by atoms with van der Waals surface area (Å²) >= 11 is 0. The number of aliphatic hydroxyl groups excluding tert-OH is 1. The van der Waals surface area contributed by atoms with Gasteiger partial charge < -0.3 is 10.0 Å². The average Bonchev–Trinajstić information content (AvgIpc) is 2.78. The smallest absolute Gasteiger partial charge is 0.186 e. The summed E-state index contributed by atoms with van der Waals surface area (Å²) in [6.45, 7) is 2.68. The zero-order valence-electron chi connectivity index (χ0n) is 10.1. The summed E-state index contributed by atoms with van der Waals surface area (Å²) < 4.78 is 13.9. The second-order valence-electron chi connectivity index (χ2n) is 4.45. The third-order valence-corrected chi connectivity index (χ3v) is 3.29. The van der Waals surface area contributed by atoms with Crippen molar-refractivity contribution >= 4 is 5.82 Å². The Morgan fingerprint density at radius 1 is 1.53 bits per heavy atom. The van der Waals surface area contributed by atoms with Gasteiger partial charge in [0.05, 0.1) is 5.69 Å². The maximum Gasteiger partial charge on any atom is 0.186 e. The first-order valence-corrected chi connectivity index (χ1v) is 6.08. The highest BCUT2D eigenvalue weighted by Crippen LogP contribution is 2.28. The van der Waals surface area contributed by atoms with Crippen molar-refractivity contribution in [2.45, 2.75) is 38.6 Å². The van der Waals surface area contributed by atoms with Crippen LogP contribution in [0.4, 0.5) is 10.2 Å². The van der Waals surface area contributed by atoms with Gasteiger partial charge >= 0.3 is 0 Å². The van der Waals surface area contributed by atoms with Gasteiger partial charge in [0.1, 0.15) is 6.33 Å². The molecule has 1 fully saturated rings. The number of hydrogen-bond donors (Lipinski definition) is 1. The standard InChI is InChI=1S/C12H18FN3O/c1-9-11(13)12(15-8-14-9)16-6-2-4-10(16)5-3-7-17/h8,10,17H,2-7H2,1H3. The minimum Gasteiger partial charge on any atom is -0.396 e. The molecule has 0 saturated carbocycles. The largest absolute Gasteiger partial charge is 0.396 e. The van der Waals surface area contributed by atoms with Gasteiger partial charge in [-0.1, -0.05) is 0 Å². The van der Waals surface area contributed by atoms with Crippen LogP contribution in [0.15, 0.2) is 6.33 Å². The van der Waals surface area contributed by atoms with Crippen molar-refractivity contribution in [3.8, 4) is 0 Å². The monoisotopic (exact) mass is 239 g/mol. The highest BCUT2D eigenvalue weighted by atomic mass is 19.1. The maximum absolute atomic E-state index is 13.9. The highest BCUT2D eigenvalue weighted by Gasteiger charge is 2.27. The molecule has 1 saturated heterocycles. The van der Waals surface area contributed by atoms with Gasteiger partial charge in [0.25, 0.3) is 0 Å². The molecule has 94 valence electrons. The molecule has 0 spiro atoms. The summed E-state index contributed by atoms with van der Waals surface area (Å²) in [5.41, 5.74) is 0.391. The number of aliphatic hydroxyl groups is 1. The van der Waals surface area contributed by atoms with Crippen LogP contribution >= 0.6 is 0 Å². The van der Waals surface area contributed by atoms with E-state index in [9.17, 15) is 4.39 Å². The van der Waals surface area contributed by atoms with E-state index in [4.69, 9.17) is 5.11 Å². The Hall–Kier alpha value is -1.23. The number of anilines is 1. The molecule has 1 aromatic rings. The summed E-state index contributed by atoms with van der Waals surface area (Å²) in [5, 5.41) is 8.86. The summed E-state index contributed by atoms with van der Waals surface area (Å²) in [6.07, 6.45) is 5.15. The van der Waals surface area contributed by atoms with Crippen LogP contribution < -0.4 is 4.90 Å². The van der Waals surface area contributed by atoms with Gasteiger partial charge in [-0.2, -0.15) is 0 Å². The fourth-order valence-corrected chi connectivity index (χ4v) is 2.39. The molecule has 17 heavy (non-hydrogen) atoms. The van der Waals surface area contributed by atoms with Crippen molar-refractivity contribution < 1.29 is 9.50 Å². The first-order valence-electron chi connectivity index (χ1n) is 6.08. The second-order valence-corrected chi connectivity index (χ2v) is 4.45. The Bertz CT molecular complexity index is 386. The van der Waals surface area contributed by atoms with E-state index < -0.39 is 0 Å². The Balaban J connectivity index is 2.17. The van der Waals surface area contributed by atoms with E-state index in [-0.39, 0.29) is 12.4 Å². The number of hydrogen-bond acceptors (Lipinski definition) is 4. The molecule has 1 N–H and O–H groups in total.